The third-order valence-electron chi connectivity index (χ3n) is 5.13. The van der Waals surface area contributed by atoms with Gasteiger partial charge in [-0.05, 0) is 44.5 Å². The largest absolute Gasteiger partial charge is 0.496 e. The maximum atomic E-state index is 12.7. The number of aryl methyl sites for hydroxylation is 2. The van der Waals surface area contributed by atoms with E-state index in [9.17, 15) is 4.79 Å². The Kier molecular flexibility index (Phi) is 5.89. The molecule has 1 saturated heterocycles. The van der Waals surface area contributed by atoms with Crippen molar-refractivity contribution in [2.45, 2.75) is 26.8 Å². The van der Waals surface area contributed by atoms with Crippen LogP contribution in [0.1, 0.15) is 29.7 Å². The van der Waals surface area contributed by atoms with Gasteiger partial charge in [0.25, 0.3) is 0 Å². The lowest BCUT2D eigenvalue weighted by atomic mass is 10.0. The molecule has 1 N–H and O–H groups in total. The van der Waals surface area contributed by atoms with Crippen LogP contribution in [-0.4, -0.2) is 44.2 Å². The summed E-state index contributed by atoms with van der Waals surface area (Å²) in [7, 11) is 1.66. The van der Waals surface area contributed by atoms with Gasteiger partial charge in [0, 0.05) is 37.4 Å². The summed E-state index contributed by atoms with van der Waals surface area (Å²) in [5.74, 6) is 0.803. The van der Waals surface area contributed by atoms with Crippen LogP contribution in [-0.2, 0) is 0 Å². The van der Waals surface area contributed by atoms with Crippen molar-refractivity contribution >= 4 is 11.7 Å². The van der Waals surface area contributed by atoms with Crippen LogP contribution in [0.4, 0.5) is 10.5 Å². The molecule has 2 aromatic rings. The number of nitrogens with one attached hydrogen (secondary N) is 1. The number of piperazine rings is 1. The quantitative estimate of drug-likeness (QED) is 0.891. The van der Waals surface area contributed by atoms with Crippen LogP contribution in [0.3, 0.4) is 0 Å². The summed E-state index contributed by atoms with van der Waals surface area (Å²) in [5, 5.41) is 3.12. The van der Waals surface area contributed by atoms with Crippen LogP contribution in [0, 0.1) is 13.8 Å². The minimum Gasteiger partial charge on any atom is -0.496 e. The van der Waals surface area contributed by atoms with E-state index in [0.717, 1.165) is 43.1 Å². The highest BCUT2D eigenvalue weighted by molar-refractivity contribution is 5.75. The maximum absolute atomic E-state index is 12.7. The number of ether oxygens (including phenoxy) is 1. The minimum absolute atomic E-state index is 0.0186. The lowest BCUT2D eigenvalue weighted by molar-refractivity contribution is 0.191. The van der Waals surface area contributed by atoms with E-state index in [-0.39, 0.29) is 12.1 Å². The summed E-state index contributed by atoms with van der Waals surface area (Å²) in [6.07, 6.45) is 0. The standard InChI is InChI=1S/C22H29N3O2/c1-16-6-5-7-19(14-16)24-10-12-25(13-11-24)22(26)23-18(3)20-15-17(2)8-9-21(20)27-4/h5-9,14-15,18H,10-13H2,1-4H3,(H,23,26). The van der Waals surface area contributed by atoms with Crippen LogP contribution in [0.25, 0.3) is 0 Å². The lowest BCUT2D eigenvalue weighted by Crippen LogP contribution is -2.52. The van der Waals surface area contributed by atoms with Crippen LogP contribution in [0.2, 0.25) is 0 Å². The first-order valence-corrected chi connectivity index (χ1v) is 9.49. The van der Waals surface area contributed by atoms with Crippen molar-refractivity contribution in [2.75, 3.05) is 38.2 Å². The molecule has 1 aliphatic heterocycles. The number of methoxy groups -OCH3 is 1. The van der Waals surface area contributed by atoms with Gasteiger partial charge in [0.05, 0.1) is 13.2 Å². The summed E-state index contributed by atoms with van der Waals surface area (Å²) in [6.45, 7) is 9.28. The molecular weight excluding hydrogens is 338 g/mol. The van der Waals surface area contributed by atoms with Gasteiger partial charge < -0.3 is 19.9 Å². The SMILES string of the molecule is COc1ccc(C)cc1C(C)NC(=O)N1CCN(c2cccc(C)c2)CC1. The Morgan fingerprint density at radius 1 is 1.04 bits per heavy atom. The molecular formula is C22H29N3O2. The molecule has 2 aromatic carbocycles. The number of rotatable bonds is 4. The van der Waals surface area contributed by atoms with Crippen molar-refractivity contribution in [2.24, 2.45) is 0 Å². The second-order valence-electron chi connectivity index (χ2n) is 7.23. The number of hydrogen-bond donors (Lipinski definition) is 1. The summed E-state index contributed by atoms with van der Waals surface area (Å²) >= 11 is 0. The normalized spacial score (nSPS) is 15.4. The van der Waals surface area contributed by atoms with E-state index in [1.807, 2.05) is 30.9 Å². The minimum atomic E-state index is -0.109. The van der Waals surface area contributed by atoms with Gasteiger partial charge in [0.1, 0.15) is 5.75 Å². The highest BCUT2D eigenvalue weighted by Crippen LogP contribution is 2.26. The number of benzene rings is 2. The van der Waals surface area contributed by atoms with Gasteiger partial charge in [-0.2, -0.15) is 0 Å². The number of nitrogens with zero attached hydrogens (tertiary/aromatic N) is 2. The smallest absolute Gasteiger partial charge is 0.317 e. The zero-order chi connectivity index (χ0) is 19.4. The second-order valence-corrected chi connectivity index (χ2v) is 7.23. The van der Waals surface area contributed by atoms with Crippen LogP contribution in [0.5, 0.6) is 5.75 Å². The van der Waals surface area contributed by atoms with Crippen molar-refractivity contribution in [1.29, 1.82) is 0 Å². The van der Waals surface area contributed by atoms with Crippen LogP contribution >= 0.6 is 0 Å². The first-order chi connectivity index (χ1) is 13.0. The van der Waals surface area contributed by atoms with Gasteiger partial charge in [-0.3, -0.25) is 0 Å². The van der Waals surface area contributed by atoms with Crippen molar-refractivity contribution in [3.05, 3.63) is 59.2 Å². The summed E-state index contributed by atoms with van der Waals surface area (Å²) in [6, 6.07) is 14.4. The molecule has 5 nitrogen and oxygen atoms in total. The molecule has 0 bridgehead atoms. The maximum Gasteiger partial charge on any atom is 0.317 e. The molecule has 5 heteroatoms. The molecule has 0 saturated carbocycles. The van der Waals surface area contributed by atoms with E-state index in [0.29, 0.717) is 0 Å². The second kappa shape index (κ2) is 8.33. The molecule has 27 heavy (non-hydrogen) atoms. The first kappa shape index (κ1) is 19.1. The average molecular weight is 367 g/mol. The molecule has 1 fully saturated rings. The van der Waals surface area contributed by atoms with E-state index in [1.54, 1.807) is 7.11 Å². The Balaban J connectivity index is 1.59. The summed E-state index contributed by atoms with van der Waals surface area (Å²) in [4.78, 5) is 17.0. The van der Waals surface area contributed by atoms with E-state index in [1.165, 1.54) is 11.3 Å². The number of anilines is 1. The predicted octanol–water partition coefficient (Wildman–Crippen LogP) is 3.90. The van der Waals surface area contributed by atoms with E-state index in [4.69, 9.17) is 4.74 Å². The Hall–Kier alpha value is -2.69. The predicted molar refractivity (Wildman–Crippen MR) is 110 cm³/mol. The van der Waals surface area contributed by atoms with Crippen molar-refractivity contribution in [1.82, 2.24) is 10.2 Å². The molecule has 0 spiro atoms. The first-order valence-electron chi connectivity index (χ1n) is 9.49. The van der Waals surface area contributed by atoms with Gasteiger partial charge >= 0.3 is 6.03 Å². The van der Waals surface area contributed by atoms with Crippen molar-refractivity contribution in [3.8, 4) is 5.75 Å². The van der Waals surface area contributed by atoms with Gasteiger partial charge in [-0.1, -0.05) is 29.8 Å². The zero-order valence-electron chi connectivity index (χ0n) is 16.7. The monoisotopic (exact) mass is 367 g/mol. The summed E-state index contributed by atoms with van der Waals surface area (Å²) in [5.41, 5.74) is 4.64. The molecule has 0 radical (unpaired) electrons. The Bertz CT molecular complexity index is 798. The zero-order valence-corrected chi connectivity index (χ0v) is 16.7. The number of amides is 2. The van der Waals surface area contributed by atoms with Crippen LogP contribution in [0.15, 0.2) is 42.5 Å². The highest BCUT2D eigenvalue weighted by Gasteiger charge is 2.23. The third-order valence-corrected chi connectivity index (χ3v) is 5.13. The fraction of sp³-hybridized carbons (Fsp3) is 0.409. The number of carbonyl (C=O) groups excluding carboxylic acids is 1. The molecule has 0 aliphatic carbocycles. The topological polar surface area (TPSA) is 44.8 Å². The Labute approximate surface area is 161 Å². The van der Waals surface area contributed by atoms with Gasteiger partial charge in [-0.25, -0.2) is 4.79 Å². The van der Waals surface area contributed by atoms with Crippen molar-refractivity contribution < 1.29 is 9.53 Å². The molecule has 144 valence electrons. The molecule has 3 rings (SSSR count). The van der Waals surface area contributed by atoms with E-state index < -0.39 is 0 Å². The number of carbonyl (C=O) groups is 1. The van der Waals surface area contributed by atoms with E-state index >= 15 is 0 Å². The molecule has 1 unspecified atom stereocenters. The van der Waals surface area contributed by atoms with Gasteiger partial charge in [0.2, 0.25) is 0 Å². The highest BCUT2D eigenvalue weighted by atomic mass is 16.5. The van der Waals surface area contributed by atoms with Crippen molar-refractivity contribution in [3.63, 3.8) is 0 Å². The fourth-order valence-electron chi connectivity index (χ4n) is 3.54. The lowest BCUT2D eigenvalue weighted by Gasteiger charge is -2.36. The molecule has 0 aromatic heterocycles. The van der Waals surface area contributed by atoms with Crippen LogP contribution < -0.4 is 15.0 Å². The van der Waals surface area contributed by atoms with Gasteiger partial charge in [-0.15, -0.1) is 0 Å². The van der Waals surface area contributed by atoms with Gasteiger partial charge in [0.15, 0.2) is 0 Å². The fourth-order valence-corrected chi connectivity index (χ4v) is 3.54. The summed E-state index contributed by atoms with van der Waals surface area (Å²) < 4.78 is 5.45. The van der Waals surface area contributed by atoms with E-state index in [2.05, 4.69) is 47.5 Å². The Morgan fingerprint density at radius 3 is 2.41 bits per heavy atom. The average Bonchev–Trinajstić information content (AvgIpc) is 2.68. The Morgan fingerprint density at radius 2 is 1.74 bits per heavy atom. The molecule has 2 amide bonds. The number of hydrogen-bond acceptors (Lipinski definition) is 3. The molecule has 1 heterocycles. The third kappa shape index (κ3) is 4.54. The number of urea groups is 1. The molecule has 1 aliphatic rings. The molecule has 1 atom stereocenters.